The predicted molar refractivity (Wildman–Crippen MR) is 105 cm³/mol. The van der Waals surface area contributed by atoms with E-state index in [4.69, 9.17) is 16.3 Å². The minimum Gasteiger partial charge on any atom is -0.457 e. The van der Waals surface area contributed by atoms with E-state index in [0.29, 0.717) is 16.5 Å². The zero-order chi connectivity index (χ0) is 20.3. The molecule has 144 valence electrons. The van der Waals surface area contributed by atoms with Crippen LogP contribution in [0.2, 0.25) is 5.02 Å². The predicted octanol–water partition coefficient (Wildman–Crippen LogP) is 4.49. The fraction of sp³-hybridized carbons (Fsp3) is 0.158. The molecule has 0 atom stereocenters. The number of hydrogen-bond acceptors (Lipinski definition) is 5. The van der Waals surface area contributed by atoms with Gasteiger partial charge in [0.1, 0.15) is 18.0 Å². The molecule has 0 bridgehead atoms. The minimum atomic E-state index is -0.546. The van der Waals surface area contributed by atoms with Crippen LogP contribution in [0.4, 0.5) is 11.4 Å². The largest absolute Gasteiger partial charge is 0.457 e. The number of hydrogen-bond donors (Lipinski definition) is 1. The number of anilines is 1. The van der Waals surface area contributed by atoms with Crippen LogP contribution in [0, 0.1) is 24.0 Å². The Morgan fingerprint density at radius 3 is 2.68 bits per heavy atom. The SMILES string of the molecule is Cc1cccc(Oc2cc(NC(=O)Cn3cc(Cl)c(C)n3)cc([N+](=O)[O-])c2)c1. The first-order valence-electron chi connectivity index (χ1n) is 8.33. The molecule has 0 spiro atoms. The fourth-order valence-electron chi connectivity index (χ4n) is 2.56. The van der Waals surface area contributed by atoms with Gasteiger partial charge in [0.15, 0.2) is 0 Å². The number of nitro benzene ring substituents is 1. The van der Waals surface area contributed by atoms with Gasteiger partial charge in [-0.3, -0.25) is 19.6 Å². The smallest absolute Gasteiger partial charge is 0.275 e. The van der Waals surface area contributed by atoms with Gasteiger partial charge in [0.05, 0.1) is 27.4 Å². The quantitative estimate of drug-likeness (QED) is 0.485. The maximum absolute atomic E-state index is 12.3. The molecule has 9 heteroatoms. The van der Waals surface area contributed by atoms with Crippen molar-refractivity contribution in [1.29, 1.82) is 0 Å². The number of benzene rings is 2. The van der Waals surface area contributed by atoms with Crippen LogP contribution < -0.4 is 10.1 Å². The molecule has 3 rings (SSSR count). The molecule has 3 aromatic rings. The Morgan fingerprint density at radius 1 is 1.25 bits per heavy atom. The van der Waals surface area contributed by atoms with Crippen LogP contribution in [-0.4, -0.2) is 20.6 Å². The van der Waals surface area contributed by atoms with Gasteiger partial charge in [0, 0.05) is 18.3 Å². The Balaban J connectivity index is 1.80. The molecule has 0 unspecified atom stereocenters. The summed E-state index contributed by atoms with van der Waals surface area (Å²) in [5.74, 6) is 0.383. The monoisotopic (exact) mass is 400 g/mol. The molecule has 0 aliphatic rings. The van der Waals surface area contributed by atoms with E-state index in [1.165, 1.54) is 29.1 Å². The highest BCUT2D eigenvalue weighted by Gasteiger charge is 2.14. The molecule has 1 aromatic heterocycles. The third-order valence-electron chi connectivity index (χ3n) is 3.80. The number of nitrogens with zero attached hydrogens (tertiary/aromatic N) is 3. The summed E-state index contributed by atoms with van der Waals surface area (Å²) >= 11 is 5.93. The molecule has 0 aliphatic carbocycles. The molecule has 0 saturated carbocycles. The highest BCUT2D eigenvalue weighted by Crippen LogP contribution is 2.30. The molecule has 2 aromatic carbocycles. The zero-order valence-electron chi connectivity index (χ0n) is 15.2. The van der Waals surface area contributed by atoms with Crippen LogP contribution in [0.25, 0.3) is 0 Å². The third kappa shape index (κ3) is 4.86. The van der Waals surface area contributed by atoms with E-state index in [0.717, 1.165) is 5.56 Å². The molecular formula is C19H17ClN4O4. The topological polar surface area (TPSA) is 99.3 Å². The number of aromatic nitrogens is 2. The van der Waals surface area contributed by atoms with Crippen LogP contribution in [0.5, 0.6) is 11.5 Å². The molecule has 1 amide bonds. The number of halogens is 1. The zero-order valence-corrected chi connectivity index (χ0v) is 15.9. The van der Waals surface area contributed by atoms with E-state index in [1.807, 2.05) is 19.1 Å². The van der Waals surface area contributed by atoms with E-state index < -0.39 is 10.8 Å². The maximum Gasteiger partial charge on any atom is 0.275 e. The van der Waals surface area contributed by atoms with Gasteiger partial charge >= 0.3 is 0 Å². The van der Waals surface area contributed by atoms with Crippen LogP contribution in [0.15, 0.2) is 48.7 Å². The molecule has 8 nitrogen and oxygen atoms in total. The second kappa shape index (κ2) is 8.10. The number of nitro groups is 1. The van der Waals surface area contributed by atoms with Crippen molar-refractivity contribution in [2.75, 3.05) is 5.32 Å². The highest BCUT2D eigenvalue weighted by atomic mass is 35.5. The van der Waals surface area contributed by atoms with Crippen molar-refractivity contribution in [3.8, 4) is 11.5 Å². The molecule has 0 saturated heterocycles. The fourth-order valence-corrected chi connectivity index (χ4v) is 2.71. The van der Waals surface area contributed by atoms with E-state index >= 15 is 0 Å². The van der Waals surface area contributed by atoms with Crippen molar-refractivity contribution in [2.24, 2.45) is 0 Å². The number of ether oxygens (including phenoxy) is 1. The average Bonchev–Trinajstić information content (AvgIpc) is 2.91. The lowest BCUT2D eigenvalue weighted by molar-refractivity contribution is -0.384. The number of carbonyl (C=O) groups is 1. The van der Waals surface area contributed by atoms with Crippen molar-refractivity contribution in [2.45, 2.75) is 20.4 Å². The number of amides is 1. The maximum atomic E-state index is 12.3. The summed E-state index contributed by atoms with van der Waals surface area (Å²) in [6.07, 6.45) is 1.54. The number of non-ortho nitro benzene ring substituents is 1. The Morgan fingerprint density at radius 2 is 2.04 bits per heavy atom. The summed E-state index contributed by atoms with van der Waals surface area (Å²) in [6.45, 7) is 3.56. The lowest BCUT2D eigenvalue weighted by Crippen LogP contribution is -2.19. The third-order valence-corrected chi connectivity index (χ3v) is 4.17. The Bertz CT molecular complexity index is 1030. The number of nitrogens with one attached hydrogen (secondary N) is 1. The van der Waals surface area contributed by atoms with Gasteiger partial charge in [-0.15, -0.1) is 0 Å². The normalized spacial score (nSPS) is 10.5. The first-order chi connectivity index (χ1) is 13.3. The second-order valence-electron chi connectivity index (χ2n) is 6.20. The summed E-state index contributed by atoms with van der Waals surface area (Å²) in [5.41, 5.74) is 1.65. The minimum absolute atomic E-state index is 0.0790. The van der Waals surface area contributed by atoms with Crippen molar-refractivity contribution in [3.05, 3.63) is 75.1 Å². The molecule has 0 fully saturated rings. The van der Waals surface area contributed by atoms with E-state index in [9.17, 15) is 14.9 Å². The number of aryl methyl sites for hydroxylation is 2. The Hall–Kier alpha value is -3.39. The second-order valence-corrected chi connectivity index (χ2v) is 6.61. The molecule has 1 N–H and O–H groups in total. The first-order valence-corrected chi connectivity index (χ1v) is 8.71. The van der Waals surface area contributed by atoms with Gasteiger partial charge in [-0.2, -0.15) is 5.10 Å². The summed E-state index contributed by atoms with van der Waals surface area (Å²) in [7, 11) is 0. The molecule has 0 radical (unpaired) electrons. The van der Waals surface area contributed by atoms with Crippen LogP contribution in [0.3, 0.4) is 0 Å². The molecule has 1 heterocycles. The van der Waals surface area contributed by atoms with Crippen LogP contribution in [-0.2, 0) is 11.3 Å². The van der Waals surface area contributed by atoms with Crippen LogP contribution in [0.1, 0.15) is 11.3 Å². The number of rotatable bonds is 6. The highest BCUT2D eigenvalue weighted by molar-refractivity contribution is 6.31. The van der Waals surface area contributed by atoms with Crippen molar-refractivity contribution in [3.63, 3.8) is 0 Å². The summed E-state index contributed by atoms with van der Waals surface area (Å²) in [5, 5.41) is 18.4. The van der Waals surface area contributed by atoms with E-state index in [2.05, 4.69) is 10.4 Å². The summed E-state index contributed by atoms with van der Waals surface area (Å²) in [4.78, 5) is 23.0. The lowest BCUT2D eigenvalue weighted by atomic mass is 10.2. The van der Waals surface area contributed by atoms with Gasteiger partial charge in [-0.25, -0.2) is 0 Å². The lowest BCUT2D eigenvalue weighted by Gasteiger charge is -2.10. The van der Waals surface area contributed by atoms with Gasteiger partial charge in [0.2, 0.25) is 5.91 Å². The van der Waals surface area contributed by atoms with Crippen molar-refractivity contribution in [1.82, 2.24) is 9.78 Å². The first kappa shape index (κ1) is 19.4. The summed E-state index contributed by atoms with van der Waals surface area (Å²) in [6, 6.07) is 11.4. The van der Waals surface area contributed by atoms with Gasteiger partial charge in [0.25, 0.3) is 5.69 Å². The van der Waals surface area contributed by atoms with Crippen molar-refractivity contribution < 1.29 is 14.5 Å². The summed E-state index contributed by atoms with van der Waals surface area (Å²) < 4.78 is 7.12. The van der Waals surface area contributed by atoms with Crippen molar-refractivity contribution >= 4 is 28.9 Å². The van der Waals surface area contributed by atoms with Gasteiger partial charge in [-0.1, -0.05) is 23.7 Å². The van der Waals surface area contributed by atoms with Gasteiger partial charge in [-0.05, 0) is 31.5 Å². The molecular weight excluding hydrogens is 384 g/mol. The average molecular weight is 401 g/mol. The number of carbonyl (C=O) groups excluding carboxylic acids is 1. The Kier molecular flexibility index (Phi) is 5.60. The van der Waals surface area contributed by atoms with Crippen LogP contribution >= 0.6 is 11.6 Å². The molecule has 0 aliphatic heterocycles. The Labute approximate surface area is 165 Å². The molecule has 28 heavy (non-hydrogen) atoms. The van der Waals surface area contributed by atoms with E-state index in [-0.39, 0.29) is 23.7 Å². The van der Waals surface area contributed by atoms with E-state index in [1.54, 1.807) is 19.1 Å². The standard InChI is InChI=1S/C19H17ClN4O4/c1-12-4-3-5-16(6-12)28-17-8-14(7-15(9-17)24(26)27)21-19(25)11-23-10-18(20)13(2)22-23/h3-10H,11H2,1-2H3,(H,21,25). The van der Waals surface area contributed by atoms with Gasteiger partial charge < -0.3 is 10.1 Å².